The fourth-order valence-electron chi connectivity index (χ4n) is 1.60. The molecule has 1 atom stereocenters. The van der Waals surface area contributed by atoms with Crippen molar-refractivity contribution in [3.05, 3.63) is 71.8 Å². The fourth-order valence-corrected chi connectivity index (χ4v) is 1.60. The molecule has 0 N–H and O–H groups in total. The Hall–Kier alpha value is -1.63. The predicted octanol–water partition coefficient (Wildman–Crippen LogP) is 3.94. The van der Waals surface area contributed by atoms with Gasteiger partial charge in [-0.15, -0.1) is 0 Å². The molecule has 0 fully saturated rings. The van der Waals surface area contributed by atoms with Gasteiger partial charge in [0.15, 0.2) is 0 Å². The minimum absolute atomic E-state index is 0.449. The van der Waals surface area contributed by atoms with E-state index in [-0.39, 0.29) is 0 Å². The van der Waals surface area contributed by atoms with E-state index in [0.29, 0.717) is 6.42 Å². The highest BCUT2D eigenvalue weighted by atomic mass is 19.1. The van der Waals surface area contributed by atoms with Crippen LogP contribution in [0.2, 0.25) is 0 Å². The lowest BCUT2D eigenvalue weighted by molar-refractivity contribution is 0.342. The highest BCUT2D eigenvalue weighted by Gasteiger charge is 2.09. The lowest BCUT2D eigenvalue weighted by Crippen LogP contribution is -1.96. The van der Waals surface area contributed by atoms with E-state index in [4.69, 9.17) is 0 Å². The van der Waals surface area contributed by atoms with E-state index in [1.807, 2.05) is 60.7 Å². The van der Waals surface area contributed by atoms with Crippen LogP contribution >= 0.6 is 0 Å². The van der Waals surface area contributed by atoms with Crippen molar-refractivity contribution >= 4 is 0 Å². The van der Waals surface area contributed by atoms with E-state index in [2.05, 4.69) is 0 Å². The predicted molar refractivity (Wildman–Crippen MR) is 60.4 cm³/mol. The molecule has 0 aromatic heterocycles. The van der Waals surface area contributed by atoms with Crippen molar-refractivity contribution in [1.82, 2.24) is 0 Å². The third kappa shape index (κ3) is 2.66. The van der Waals surface area contributed by atoms with Gasteiger partial charge in [-0.25, -0.2) is 4.39 Å². The Morgan fingerprint density at radius 3 is 1.93 bits per heavy atom. The van der Waals surface area contributed by atoms with Gasteiger partial charge in [0.25, 0.3) is 0 Å². The Bertz CT molecular complexity index is 394. The smallest absolute Gasteiger partial charge is 0.129 e. The maximum Gasteiger partial charge on any atom is 0.129 e. The molecule has 76 valence electrons. The average molecular weight is 200 g/mol. The fraction of sp³-hybridized carbons (Fsp3) is 0.143. The van der Waals surface area contributed by atoms with Crippen LogP contribution < -0.4 is 0 Å². The number of hydrogen-bond donors (Lipinski definition) is 0. The second-order valence-corrected chi connectivity index (χ2v) is 3.57. The largest absolute Gasteiger partial charge is 0.242 e. The maximum atomic E-state index is 13.8. The first-order chi connectivity index (χ1) is 7.36. The van der Waals surface area contributed by atoms with Gasteiger partial charge in [-0.2, -0.15) is 0 Å². The number of rotatable bonds is 3. The van der Waals surface area contributed by atoms with Gasteiger partial charge in [-0.1, -0.05) is 60.7 Å². The molecule has 0 radical (unpaired) electrons. The summed E-state index contributed by atoms with van der Waals surface area (Å²) in [7, 11) is 0. The summed E-state index contributed by atoms with van der Waals surface area (Å²) in [5, 5.41) is 0. The Morgan fingerprint density at radius 1 is 0.800 bits per heavy atom. The maximum absolute atomic E-state index is 13.8. The summed E-state index contributed by atoms with van der Waals surface area (Å²) >= 11 is 0. The second kappa shape index (κ2) is 4.74. The molecule has 0 bridgehead atoms. The number of alkyl halides is 1. The van der Waals surface area contributed by atoms with E-state index in [0.717, 1.165) is 11.1 Å². The lowest BCUT2D eigenvalue weighted by atomic mass is 10.0. The first-order valence-corrected chi connectivity index (χ1v) is 5.09. The van der Waals surface area contributed by atoms with Crippen LogP contribution in [0, 0.1) is 0 Å². The van der Waals surface area contributed by atoms with Gasteiger partial charge in [0.1, 0.15) is 6.17 Å². The minimum atomic E-state index is -0.909. The molecule has 2 aromatic carbocycles. The van der Waals surface area contributed by atoms with E-state index in [9.17, 15) is 4.39 Å². The van der Waals surface area contributed by atoms with Crippen molar-refractivity contribution in [2.75, 3.05) is 0 Å². The highest BCUT2D eigenvalue weighted by Crippen LogP contribution is 2.21. The molecule has 0 nitrogen and oxygen atoms in total. The number of benzene rings is 2. The molecule has 1 heteroatoms. The van der Waals surface area contributed by atoms with Crippen molar-refractivity contribution in [3.63, 3.8) is 0 Å². The zero-order valence-electron chi connectivity index (χ0n) is 8.44. The standard InChI is InChI=1S/C14H13F/c15-14(13-9-5-2-6-10-13)11-12-7-3-1-4-8-12/h1-10,14H,11H2/t14-/m1/s1. The lowest BCUT2D eigenvalue weighted by Gasteiger charge is -2.08. The van der Waals surface area contributed by atoms with Crippen LogP contribution in [0.4, 0.5) is 4.39 Å². The molecule has 0 amide bonds. The third-order valence-corrected chi connectivity index (χ3v) is 2.42. The molecule has 15 heavy (non-hydrogen) atoms. The summed E-state index contributed by atoms with van der Waals surface area (Å²) < 4.78 is 13.8. The van der Waals surface area contributed by atoms with E-state index < -0.39 is 6.17 Å². The molecular formula is C14H13F. The quantitative estimate of drug-likeness (QED) is 0.704. The van der Waals surface area contributed by atoms with Crippen molar-refractivity contribution in [3.8, 4) is 0 Å². The van der Waals surface area contributed by atoms with Crippen molar-refractivity contribution < 1.29 is 4.39 Å². The van der Waals surface area contributed by atoms with Gasteiger partial charge in [-0.3, -0.25) is 0 Å². The topological polar surface area (TPSA) is 0 Å². The van der Waals surface area contributed by atoms with E-state index in [1.165, 1.54) is 0 Å². The van der Waals surface area contributed by atoms with Crippen LogP contribution in [0.3, 0.4) is 0 Å². The summed E-state index contributed by atoms with van der Waals surface area (Å²) in [6.07, 6.45) is -0.459. The zero-order valence-corrected chi connectivity index (χ0v) is 8.44. The first-order valence-electron chi connectivity index (χ1n) is 5.09. The molecule has 0 heterocycles. The van der Waals surface area contributed by atoms with E-state index in [1.54, 1.807) is 0 Å². The Labute approximate surface area is 89.4 Å². The Morgan fingerprint density at radius 2 is 1.33 bits per heavy atom. The van der Waals surface area contributed by atoms with E-state index >= 15 is 0 Å². The van der Waals surface area contributed by atoms with Crippen molar-refractivity contribution in [2.45, 2.75) is 12.6 Å². The first kappa shape index (κ1) is 9.91. The van der Waals surface area contributed by atoms with Crippen LogP contribution in [0.1, 0.15) is 17.3 Å². The normalized spacial score (nSPS) is 12.3. The molecule has 2 aromatic rings. The third-order valence-electron chi connectivity index (χ3n) is 2.42. The molecule has 0 aliphatic carbocycles. The van der Waals surface area contributed by atoms with Gasteiger partial charge in [0, 0.05) is 6.42 Å². The monoisotopic (exact) mass is 200 g/mol. The molecule has 0 aliphatic rings. The summed E-state index contributed by atoms with van der Waals surface area (Å²) in [5.74, 6) is 0. The molecule has 0 aliphatic heterocycles. The van der Waals surface area contributed by atoms with Gasteiger partial charge in [0.2, 0.25) is 0 Å². The SMILES string of the molecule is F[C@H](Cc1ccccc1)c1ccccc1. The van der Waals surface area contributed by atoms with Crippen molar-refractivity contribution in [1.29, 1.82) is 0 Å². The molecule has 0 unspecified atom stereocenters. The van der Waals surface area contributed by atoms with Gasteiger partial charge in [-0.05, 0) is 11.1 Å². The molecular weight excluding hydrogens is 187 g/mol. The second-order valence-electron chi connectivity index (χ2n) is 3.57. The summed E-state index contributed by atoms with van der Waals surface area (Å²) in [5.41, 5.74) is 1.79. The van der Waals surface area contributed by atoms with Crippen molar-refractivity contribution in [2.24, 2.45) is 0 Å². The minimum Gasteiger partial charge on any atom is -0.242 e. The molecule has 0 saturated carbocycles. The van der Waals surface area contributed by atoms with Gasteiger partial charge >= 0.3 is 0 Å². The number of halogens is 1. The van der Waals surface area contributed by atoms with Gasteiger partial charge in [0.05, 0.1) is 0 Å². The molecule has 2 rings (SSSR count). The zero-order chi connectivity index (χ0) is 10.5. The summed E-state index contributed by atoms with van der Waals surface area (Å²) in [6, 6.07) is 19.0. The molecule has 0 spiro atoms. The summed E-state index contributed by atoms with van der Waals surface area (Å²) in [4.78, 5) is 0. The van der Waals surface area contributed by atoms with Crippen LogP contribution in [-0.4, -0.2) is 0 Å². The van der Waals surface area contributed by atoms with Crippen LogP contribution in [-0.2, 0) is 6.42 Å². The highest BCUT2D eigenvalue weighted by molar-refractivity contribution is 5.22. The Kier molecular flexibility index (Phi) is 3.13. The molecule has 0 saturated heterocycles. The van der Waals surface area contributed by atoms with Crippen LogP contribution in [0.15, 0.2) is 60.7 Å². The van der Waals surface area contributed by atoms with Crippen LogP contribution in [0.5, 0.6) is 0 Å². The Balaban J connectivity index is 2.08. The average Bonchev–Trinajstić information content (AvgIpc) is 2.31. The number of hydrogen-bond acceptors (Lipinski definition) is 0. The van der Waals surface area contributed by atoms with Gasteiger partial charge < -0.3 is 0 Å². The van der Waals surface area contributed by atoms with Crippen LogP contribution in [0.25, 0.3) is 0 Å². The summed E-state index contributed by atoms with van der Waals surface area (Å²) in [6.45, 7) is 0.